The van der Waals surface area contributed by atoms with Crippen molar-refractivity contribution < 1.29 is 18.7 Å². The SMILES string of the molecule is CCOc1ccc(C(=O)NC(C)c2ccc(F)cc2)cc1COc1ccc(Cl)c(C)c1. The quantitative estimate of drug-likeness (QED) is 0.449. The number of hydrogen-bond donors (Lipinski definition) is 1. The highest BCUT2D eigenvalue weighted by Gasteiger charge is 2.15. The van der Waals surface area contributed by atoms with E-state index in [1.54, 1.807) is 42.5 Å². The first-order valence-electron chi connectivity index (χ1n) is 10.1. The Balaban J connectivity index is 1.75. The van der Waals surface area contributed by atoms with E-state index >= 15 is 0 Å². The number of halogens is 2. The third-order valence-corrected chi connectivity index (χ3v) is 5.29. The van der Waals surface area contributed by atoms with Crippen LogP contribution in [0.3, 0.4) is 0 Å². The molecule has 0 aliphatic carbocycles. The minimum absolute atomic E-state index is 0.233. The van der Waals surface area contributed by atoms with Crippen LogP contribution in [0.1, 0.15) is 46.9 Å². The van der Waals surface area contributed by atoms with E-state index in [1.165, 1.54) is 12.1 Å². The van der Waals surface area contributed by atoms with Crippen LogP contribution < -0.4 is 14.8 Å². The normalized spacial score (nSPS) is 11.6. The van der Waals surface area contributed by atoms with Gasteiger partial charge < -0.3 is 14.8 Å². The van der Waals surface area contributed by atoms with Crippen molar-refractivity contribution in [2.45, 2.75) is 33.4 Å². The van der Waals surface area contributed by atoms with E-state index in [1.807, 2.05) is 26.8 Å². The Kier molecular flexibility index (Phi) is 7.53. The molecule has 0 bridgehead atoms. The molecule has 3 aromatic carbocycles. The smallest absolute Gasteiger partial charge is 0.251 e. The molecule has 1 unspecified atom stereocenters. The molecule has 162 valence electrons. The average Bonchev–Trinajstić information content (AvgIpc) is 2.76. The number of rotatable bonds is 8. The molecule has 0 radical (unpaired) electrons. The van der Waals surface area contributed by atoms with Crippen molar-refractivity contribution in [3.63, 3.8) is 0 Å². The Morgan fingerprint density at radius 3 is 2.48 bits per heavy atom. The van der Waals surface area contributed by atoms with Crippen molar-refractivity contribution in [3.05, 3.63) is 93.8 Å². The minimum atomic E-state index is -0.311. The highest BCUT2D eigenvalue weighted by atomic mass is 35.5. The van der Waals surface area contributed by atoms with Gasteiger partial charge in [0.2, 0.25) is 0 Å². The van der Waals surface area contributed by atoms with Crippen LogP contribution in [0.25, 0.3) is 0 Å². The van der Waals surface area contributed by atoms with Crippen LogP contribution >= 0.6 is 11.6 Å². The maximum absolute atomic E-state index is 13.1. The van der Waals surface area contributed by atoms with Gasteiger partial charge in [0.05, 0.1) is 12.6 Å². The summed E-state index contributed by atoms with van der Waals surface area (Å²) in [6.07, 6.45) is 0. The van der Waals surface area contributed by atoms with Crippen LogP contribution in [-0.2, 0) is 6.61 Å². The highest BCUT2D eigenvalue weighted by Crippen LogP contribution is 2.25. The van der Waals surface area contributed by atoms with Gasteiger partial charge in [-0.05, 0) is 80.4 Å². The summed E-state index contributed by atoms with van der Waals surface area (Å²) in [5.41, 5.74) is 2.99. The third kappa shape index (κ3) is 5.98. The number of amides is 1. The standard InChI is InChI=1S/C25H25ClFNO3/c1-4-30-24-12-7-19(25(29)28-17(3)18-5-8-21(27)9-6-18)14-20(24)15-31-22-10-11-23(26)16(2)13-22/h5-14,17H,4,15H2,1-3H3,(H,28,29). The number of hydrogen-bond acceptors (Lipinski definition) is 3. The summed E-state index contributed by atoms with van der Waals surface area (Å²) in [5.74, 6) is 0.804. The third-order valence-electron chi connectivity index (χ3n) is 4.86. The first kappa shape index (κ1) is 22.6. The predicted octanol–water partition coefficient (Wildman–Crippen LogP) is 6.26. The number of aryl methyl sites for hydroxylation is 1. The van der Waals surface area contributed by atoms with Crippen molar-refractivity contribution in [1.29, 1.82) is 0 Å². The molecule has 4 nitrogen and oxygen atoms in total. The van der Waals surface area contributed by atoms with E-state index in [4.69, 9.17) is 21.1 Å². The average molecular weight is 442 g/mol. The lowest BCUT2D eigenvalue weighted by atomic mass is 10.1. The molecule has 0 aromatic heterocycles. The largest absolute Gasteiger partial charge is 0.493 e. The molecular formula is C25H25ClFNO3. The highest BCUT2D eigenvalue weighted by molar-refractivity contribution is 6.31. The Morgan fingerprint density at radius 1 is 1.06 bits per heavy atom. The summed E-state index contributed by atoms with van der Waals surface area (Å²) in [6.45, 7) is 6.41. The molecule has 0 aliphatic heterocycles. The molecule has 6 heteroatoms. The number of carbonyl (C=O) groups excluding carboxylic acids is 1. The lowest BCUT2D eigenvalue weighted by Crippen LogP contribution is -2.26. The fourth-order valence-electron chi connectivity index (χ4n) is 3.11. The second kappa shape index (κ2) is 10.3. The second-order valence-corrected chi connectivity index (χ2v) is 7.61. The van der Waals surface area contributed by atoms with Crippen molar-refractivity contribution in [1.82, 2.24) is 5.32 Å². The maximum Gasteiger partial charge on any atom is 0.251 e. The van der Waals surface area contributed by atoms with Gasteiger partial charge in [-0.1, -0.05) is 23.7 Å². The van der Waals surface area contributed by atoms with E-state index in [2.05, 4.69) is 5.32 Å². The molecule has 0 heterocycles. The van der Waals surface area contributed by atoms with Gasteiger partial charge in [-0.15, -0.1) is 0 Å². The van der Waals surface area contributed by atoms with E-state index in [-0.39, 0.29) is 24.4 Å². The second-order valence-electron chi connectivity index (χ2n) is 7.20. The fourth-order valence-corrected chi connectivity index (χ4v) is 3.23. The van der Waals surface area contributed by atoms with Crippen LogP contribution in [0.15, 0.2) is 60.7 Å². The Hall–Kier alpha value is -3.05. The van der Waals surface area contributed by atoms with Crippen LogP contribution in [0.2, 0.25) is 5.02 Å². The van der Waals surface area contributed by atoms with Gasteiger partial charge in [-0.25, -0.2) is 4.39 Å². The van der Waals surface area contributed by atoms with Gasteiger partial charge >= 0.3 is 0 Å². The van der Waals surface area contributed by atoms with Crippen molar-refractivity contribution >= 4 is 17.5 Å². The van der Waals surface area contributed by atoms with Crippen LogP contribution in [-0.4, -0.2) is 12.5 Å². The van der Waals surface area contributed by atoms with Gasteiger partial charge in [-0.3, -0.25) is 4.79 Å². The molecule has 31 heavy (non-hydrogen) atoms. The summed E-state index contributed by atoms with van der Waals surface area (Å²) in [4.78, 5) is 12.8. The monoisotopic (exact) mass is 441 g/mol. The molecule has 0 spiro atoms. The van der Waals surface area contributed by atoms with Gasteiger partial charge in [0, 0.05) is 16.1 Å². The molecule has 3 aromatic rings. The predicted molar refractivity (Wildman–Crippen MR) is 120 cm³/mol. The van der Waals surface area contributed by atoms with Gasteiger partial charge in [0.25, 0.3) is 5.91 Å². The molecule has 1 amide bonds. The lowest BCUT2D eigenvalue weighted by molar-refractivity contribution is 0.0939. The van der Waals surface area contributed by atoms with E-state index in [0.717, 1.165) is 16.7 Å². The molecule has 0 saturated heterocycles. The molecule has 0 aliphatic rings. The maximum atomic E-state index is 13.1. The Morgan fingerprint density at radius 2 is 1.81 bits per heavy atom. The lowest BCUT2D eigenvalue weighted by Gasteiger charge is -2.16. The van der Waals surface area contributed by atoms with Gasteiger partial charge in [0.15, 0.2) is 0 Å². The minimum Gasteiger partial charge on any atom is -0.493 e. The zero-order chi connectivity index (χ0) is 22.4. The zero-order valence-electron chi connectivity index (χ0n) is 17.7. The molecule has 0 saturated carbocycles. The summed E-state index contributed by atoms with van der Waals surface area (Å²) in [5, 5.41) is 3.62. The first-order chi connectivity index (χ1) is 14.9. The number of carbonyl (C=O) groups is 1. The van der Waals surface area contributed by atoms with Crippen molar-refractivity contribution in [2.75, 3.05) is 6.61 Å². The van der Waals surface area contributed by atoms with E-state index < -0.39 is 0 Å². The zero-order valence-corrected chi connectivity index (χ0v) is 18.5. The summed E-state index contributed by atoms with van der Waals surface area (Å²) >= 11 is 6.07. The van der Waals surface area contributed by atoms with Gasteiger partial charge in [-0.2, -0.15) is 0 Å². The number of ether oxygens (including phenoxy) is 2. The number of nitrogens with one attached hydrogen (secondary N) is 1. The molecule has 0 fully saturated rings. The molecular weight excluding hydrogens is 417 g/mol. The van der Waals surface area contributed by atoms with Crippen molar-refractivity contribution in [3.8, 4) is 11.5 Å². The van der Waals surface area contributed by atoms with Crippen LogP contribution in [0.4, 0.5) is 4.39 Å². The van der Waals surface area contributed by atoms with Crippen molar-refractivity contribution in [2.24, 2.45) is 0 Å². The topological polar surface area (TPSA) is 47.6 Å². The first-order valence-corrected chi connectivity index (χ1v) is 10.5. The summed E-state index contributed by atoms with van der Waals surface area (Å²) < 4.78 is 24.7. The summed E-state index contributed by atoms with van der Waals surface area (Å²) in [6, 6.07) is 16.5. The molecule has 1 N–H and O–H groups in total. The van der Waals surface area contributed by atoms with Gasteiger partial charge in [0.1, 0.15) is 23.9 Å². The molecule has 3 rings (SSSR count). The van der Waals surface area contributed by atoms with Crippen LogP contribution in [0.5, 0.6) is 11.5 Å². The molecule has 1 atom stereocenters. The van der Waals surface area contributed by atoms with E-state index in [9.17, 15) is 9.18 Å². The Bertz CT molecular complexity index is 1050. The van der Waals surface area contributed by atoms with Crippen LogP contribution in [0, 0.1) is 12.7 Å². The fraction of sp³-hybridized carbons (Fsp3) is 0.240. The van der Waals surface area contributed by atoms with E-state index in [0.29, 0.717) is 28.7 Å². The number of benzene rings is 3. The Labute approximate surface area is 187 Å². The summed E-state index contributed by atoms with van der Waals surface area (Å²) in [7, 11) is 0.